The fourth-order valence-electron chi connectivity index (χ4n) is 2.97. The second kappa shape index (κ2) is 9.89. The molecule has 3 aromatic carbocycles. The molecule has 0 spiro atoms. The molecule has 162 valence electrons. The summed E-state index contributed by atoms with van der Waals surface area (Å²) in [6.45, 7) is 3.66. The highest BCUT2D eigenvalue weighted by Crippen LogP contribution is 2.27. The molecule has 0 aliphatic heterocycles. The Morgan fingerprint density at radius 2 is 1.38 bits per heavy atom. The number of hydrogen-bond acceptors (Lipinski definition) is 4. The molecule has 0 fully saturated rings. The number of halogens is 1. The van der Waals surface area contributed by atoms with Crippen molar-refractivity contribution in [2.24, 2.45) is 0 Å². The van der Waals surface area contributed by atoms with Gasteiger partial charge in [0, 0.05) is 17.4 Å². The molecular weight excluding hydrogens is 430 g/mol. The van der Waals surface area contributed by atoms with Gasteiger partial charge in [0.25, 0.3) is 17.5 Å². The molecule has 3 aromatic rings. The first-order chi connectivity index (χ1) is 15.3. The van der Waals surface area contributed by atoms with Crippen LogP contribution in [0.2, 0.25) is 5.02 Å². The van der Waals surface area contributed by atoms with Crippen LogP contribution in [0.4, 0.5) is 17.1 Å². The second-order valence-corrected chi connectivity index (χ2v) is 7.47. The number of anilines is 2. The fraction of sp³-hybridized carbons (Fsp3) is 0.0833. The Hall–Kier alpha value is -3.97. The normalized spacial score (nSPS) is 10.2. The lowest BCUT2D eigenvalue weighted by molar-refractivity contribution is -0.384. The lowest BCUT2D eigenvalue weighted by atomic mass is 10.1. The van der Waals surface area contributed by atoms with Crippen molar-refractivity contribution < 1.29 is 14.5 Å². The summed E-state index contributed by atoms with van der Waals surface area (Å²) in [5, 5.41) is 16.7. The molecule has 0 radical (unpaired) electrons. The molecule has 3 rings (SSSR count). The predicted octanol–water partition coefficient (Wildman–Crippen LogP) is 5.53. The maximum atomic E-state index is 13.1. The molecule has 0 saturated heterocycles. The van der Waals surface area contributed by atoms with Crippen molar-refractivity contribution in [3.63, 3.8) is 0 Å². The first kappa shape index (κ1) is 22.7. The van der Waals surface area contributed by atoms with Crippen LogP contribution in [0.5, 0.6) is 0 Å². The molecular formula is C24H20ClN3O4. The Labute approximate surface area is 189 Å². The number of aryl methyl sites for hydroxylation is 2. The van der Waals surface area contributed by atoms with E-state index in [1.165, 1.54) is 24.3 Å². The number of nitro groups is 1. The lowest BCUT2D eigenvalue weighted by Crippen LogP contribution is -2.25. The minimum atomic E-state index is -0.650. The van der Waals surface area contributed by atoms with E-state index in [1.807, 2.05) is 38.1 Å². The zero-order chi connectivity index (χ0) is 23.3. The smallest absolute Gasteiger partial charge is 0.288 e. The lowest BCUT2D eigenvalue weighted by Gasteiger charge is -2.13. The molecule has 0 heterocycles. The summed E-state index contributed by atoms with van der Waals surface area (Å²) in [6.07, 6.45) is 1.30. The number of carbonyl (C=O) groups excluding carboxylic acids is 2. The van der Waals surface area contributed by atoms with E-state index in [0.29, 0.717) is 11.4 Å². The van der Waals surface area contributed by atoms with Crippen LogP contribution < -0.4 is 10.6 Å². The topological polar surface area (TPSA) is 101 Å². The van der Waals surface area contributed by atoms with Crippen LogP contribution in [-0.2, 0) is 9.59 Å². The standard InChI is InChI=1S/C24H20ClN3O4/c1-15-7-3-5-9-20(15)26-23(29)18(24(30)27-21-10-6-4-8-16(21)2)13-17-11-12-19(25)22(14-17)28(31)32/h3-14H,1-2H3,(H,26,29)(H,27,30). The van der Waals surface area contributed by atoms with Gasteiger partial charge in [0.15, 0.2) is 0 Å². The van der Waals surface area contributed by atoms with Gasteiger partial charge >= 0.3 is 0 Å². The van der Waals surface area contributed by atoms with E-state index in [-0.39, 0.29) is 21.8 Å². The first-order valence-electron chi connectivity index (χ1n) is 9.66. The molecule has 8 heteroatoms. The van der Waals surface area contributed by atoms with E-state index in [9.17, 15) is 19.7 Å². The number of para-hydroxylation sites is 2. The van der Waals surface area contributed by atoms with Gasteiger partial charge < -0.3 is 10.6 Å². The Morgan fingerprint density at radius 1 is 0.875 bits per heavy atom. The number of nitrogens with zero attached hydrogens (tertiary/aromatic N) is 1. The summed E-state index contributed by atoms with van der Waals surface area (Å²) in [4.78, 5) is 36.7. The maximum absolute atomic E-state index is 13.1. The predicted molar refractivity (Wildman–Crippen MR) is 126 cm³/mol. The van der Waals surface area contributed by atoms with Crippen molar-refractivity contribution in [3.05, 3.63) is 104 Å². The summed E-state index contributed by atoms with van der Waals surface area (Å²) in [7, 11) is 0. The molecule has 2 N–H and O–H groups in total. The van der Waals surface area contributed by atoms with E-state index in [0.717, 1.165) is 11.1 Å². The number of nitrogens with one attached hydrogen (secondary N) is 2. The van der Waals surface area contributed by atoms with Gasteiger partial charge in [0.05, 0.1) is 4.92 Å². The van der Waals surface area contributed by atoms with Crippen LogP contribution in [-0.4, -0.2) is 16.7 Å². The quantitative estimate of drug-likeness (QED) is 0.170. The third kappa shape index (κ3) is 5.39. The van der Waals surface area contributed by atoms with E-state index in [2.05, 4.69) is 10.6 Å². The second-order valence-electron chi connectivity index (χ2n) is 7.06. The van der Waals surface area contributed by atoms with Crippen LogP contribution in [0.15, 0.2) is 72.3 Å². The average molecular weight is 450 g/mol. The van der Waals surface area contributed by atoms with E-state index in [4.69, 9.17) is 11.6 Å². The minimum Gasteiger partial charge on any atom is -0.322 e. The molecule has 2 amide bonds. The van der Waals surface area contributed by atoms with Gasteiger partial charge in [-0.1, -0.05) is 54.1 Å². The Morgan fingerprint density at radius 3 is 1.84 bits per heavy atom. The molecule has 0 aliphatic carbocycles. The Balaban J connectivity index is 2.01. The first-order valence-corrected chi connectivity index (χ1v) is 10.0. The number of hydrogen-bond donors (Lipinski definition) is 2. The monoisotopic (exact) mass is 449 g/mol. The fourth-order valence-corrected chi connectivity index (χ4v) is 3.15. The zero-order valence-electron chi connectivity index (χ0n) is 17.4. The number of rotatable bonds is 6. The van der Waals surface area contributed by atoms with Crippen LogP contribution in [0.25, 0.3) is 6.08 Å². The van der Waals surface area contributed by atoms with Crippen LogP contribution in [0.1, 0.15) is 16.7 Å². The van der Waals surface area contributed by atoms with Gasteiger partial charge in [0.2, 0.25) is 0 Å². The highest BCUT2D eigenvalue weighted by Gasteiger charge is 2.21. The van der Waals surface area contributed by atoms with Crippen LogP contribution >= 0.6 is 11.6 Å². The molecule has 32 heavy (non-hydrogen) atoms. The van der Waals surface area contributed by atoms with Gasteiger partial charge in [-0.15, -0.1) is 0 Å². The van der Waals surface area contributed by atoms with Crippen molar-refractivity contribution in [3.8, 4) is 0 Å². The van der Waals surface area contributed by atoms with Crippen molar-refractivity contribution in [1.82, 2.24) is 0 Å². The zero-order valence-corrected chi connectivity index (χ0v) is 18.1. The van der Waals surface area contributed by atoms with E-state index in [1.54, 1.807) is 24.3 Å². The van der Waals surface area contributed by atoms with Gasteiger partial charge in [0.1, 0.15) is 10.6 Å². The number of amides is 2. The third-order valence-corrected chi connectivity index (χ3v) is 5.07. The SMILES string of the molecule is Cc1ccccc1NC(=O)C(=Cc1ccc(Cl)c([N+](=O)[O-])c1)C(=O)Nc1ccccc1C. The van der Waals surface area contributed by atoms with Crippen LogP contribution in [0, 0.1) is 24.0 Å². The van der Waals surface area contributed by atoms with Crippen molar-refractivity contribution >= 4 is 46.6 Å². The summed E-state index contributed by atoms with van der Waals surface area (Å²) in [6, 6.07) is 18.4. The number of carbonyl (C=O) groups is 2. The highest BCUT2D eigenvalue weighted by molar-refractivity contribution is 6.33. The molecule has 0 aliphatic rings. The Bertz CT molecular complexity index is 1180. The minimum absolute atomic E-state index is 0.0394. The molecule has 0 unspecified atom stereocenters. The van der Waals surface area contributed by atoms with Crippen molar-refractivity contribution in [1.29, 1.82) is 0 Å². The number of benzene rings is 3. The highest BCUT2D eigenvalue weighted by atomic mass is 35.5. The Kier molecular flexibility index (Phi) is 7.02. The molecule has 7 nitrogen and oxygen atoms in total. The molecule has 0 atom stereocenters. The van der Waals surface area contributed by atoms with Gasteiger partial charge in [-0.3, -0.25) is 19.7 Å². The van der Waals surface area contributed by atoms with Gasteiger partial charge in [-0.25, -0.2) is 0 Å². The van der Waals surface area contributed by atoms with E-state index < -0.39 is 16.7 Å². The van der Waals surface area contributed by atoms with Crippen molar-refractivity contribution in [2.45, 2.75) is 13.8 Å². The largest absolute Gasteiger partial charge is 0.322 e. The summed E-state index contributed by atoms with van der Waals surface area (Å²) < 4.78 is 0. The van der Waals surface area contributed by atoms with Gasteiger partial charge in [-0.2, -0.15) is 0 Å². The van der Waals surface area contributed by atoms with Crippen molar-refractivity contribution in [2.75, 3.05) is 10.6 Å². The average Bonchev–Trinajstić information content (AvgIpc) is 2.76. The van der Waals surface area contributed by atoms with E-state index >= 15 is 0 Å². The van der Waals surface area contributed by atoms with Crippen LogP contribution in [0.3, 0.4) is 0 Å². The maximum Gasteiger partial charge on any atom is 0.288 e. The summed E-state index contributed by atoms with van der Waals surface area (Å²) in [5.74, 6) is -1.30. The molecule has 0 saturated carbocycles. The van der Waals surface area contributed by atoms with Gasteiger partial charge in [-0.05, 0) is 54.8 Å². The molecule has 0 aromatic heterocycles. The third-order valence-electron chi connectivity index (χ3n) is 4.75. The number of nitro benzene ring substituents is 1. The summed E-state index contributed by atoms with van der Waals surface area (Å²) in [5.41, 5.74) is 2.49. The summed E-state index contributed by atoms with van der Waals surface area (Å²) >= 11 is 5.88. The molecule has 0 bridgehead atoms.